The summed E-state index contributed by atoms with van der Waals surface area (Å²) in [5.41, 5.74) is -0.0429. The molecule has 1 aliphatic heterocycles. The fourth-order valence-electron chi connectivity index (χ4n) is 3.56. The normalized spacial score (nSPS) is 13.1. The quantitative estimate of drug-likeness (QED) is 0.154. The molecule has 2 aromatic heterocycles. The summed E-state index contributed by atoms with van der Waals surface area (Å²) in [7, 11) is -5.14. The molecule has 0 unspecified atom stereocenters. The molecule has 12 nitrogen and oxygen atoms in total. The smallest absolute Gasteiger partial charge is 0.790 e. The van der Waals surface area contributed by atoms with E-state index in [9.17, 15) is 27.2 Å². The molecule has 1 saturated heterocycles. The van der Waals surface area contributed by atoms with E-state index in [1.54, 1.807) is 4.90 Å². The zero-order valence-corrected chi connectivity index (χ0v) is 31.4. The van der Waals surface area contributed by atoms with Crippen LogP contribution in [0, 0.1) is 5.82 Å². The summed E-state index contributed by atoms with van der Waals surface area (Å²) in [6, 6.07) is 4.75. The van der Waals surface area contributed by atoms with Gasteiger partial charge in [-0.3, -0.25) is 14.9 Å². The zero-order valence-electron chi connectivity index (χ0n) is 22.7. The van der Waals surface area contributed by atoms with Crippen molar-refractivity contribution < 1.29 is 154 Å². The molecule has 3 aromatic rings. The molecule has 2 amide bonds. The summed E-state index contributed by atoms with van der Waals surface area (Å²) in [6.45, 7) is 3.67. The second-order valence-electron chi connectivity index (χ2n) is 8.15. The molecule has 3 heterocycles. The Kier molecular flexibility index (Phi) is 16.9. The van der Waals surface area contributed by atoms with Crippen LogP contribution in [0.4, 0.5) is 28.5 Å². The molecule has 1 aromatic carbocycles. The molecule has 2 N–H and O–H groups in total. The largest absolute Gasteiger partial charge is 1.00 e. The average Bonchev–Trinajstić information content (AvgIpc) is 3.31. The Bertz CT molecular complexity index is 1470. The van der Waals surface area contributed by atoms with Crippen LogP contribution in [0.5, 0.6) is 5.75 Å². The first kappa shape index (κ1) is 41.0. The van der Waals surface area contributed by atoms with Gasteiger partial charge < -0.3 is 33.8 Å². The predicted octanol–water partition coefficient (Wildman–Crippen LogP) is -3.37. The van der Waals surface area contributed by atoms with Crippen LogP contribution in [0.25, 0.3) is 11.3 Å². The molecule has 0 radical (unpaired) electrons. The number of piperazine rings is 1. The van der Waals surface area contributed by atoms with Gasteiger partial charge in [-0.05, 0) is 18.2 Å². The Morgan fingerprint density at radius 1 is 1.19 bits per heavy atom. The minimum absolute atomic E-state index is 0. The Morgan fingerprint density at radius 3 is 2.33 bits per heavy atom. The summed E-state index contributed by atoms with van der Waals surface area (Å²) in [4.78, 5) is 60.5. The zero-order chi connectivity index (χ0) is 30.5. The van der Waals surface area contributed by atoms with Crippen molar-refractivity contribution in [2.45, 2.75) is 13.3 Å². The molecule has 43 heavy (non-hydrogen) atoms. The van der Waals surface area contributed by atoms with Gasteiger partial charge in [0, 0.05) is 50.2 Å². The number of hydrogen-bond acceptors (Lipinski definition) is 10. The molecule has 0 bridgehead atoms. The van der Waals surface area contributed by atoms with Crippen molar-refractivity contribution in [3.05, 3.63) is 52.2 Å². The molecule has 1 fully saturated rings. The first-order valence-electron chi connectivity index (χ1n) is 11.2. The number of pyridine rings is 1. The number of rotatable bonds is 5. The number of phosphoric acid groups is 1. The van der Waals surface area contributed by atoms with Crippen molar-refractivity contribution in [3.8, 4) is 17.0 Å². The number of halogens is 5. The second-order valence-corrected chi connectivity index (χ2v) is 10.4. The van der Waals surface area contributed by atoms with Gasteiger partial charge in [-0.15, -0.1) is 24.5 Å². The number of carbonyl (C=O) groups excluding carboxylic acids is 2. The summed E-state index contributed by atoms with van der Waals surface area (Å²) < 4.78 is 64.3. The van der Waals surface area contributed by atoms with Crippen LogP contribution in [-0.4, -0.2) is 64.1 Å². The van der Waals surface area contributed by atoms with E-state index in [1.807, 2.05) is 4.90 Å². The minimum Gasteiger partial charge on any atom is -0.790 e. The monoisotopic (exact) mass is 717 g/mol. The minimum atomic E-state index is -5.14. The summed E-state index contributed by atoms with van der Waals surface area (Å²) in [6.07, 6.45) is -3.70. The van der Waals surface area contributed by atoms with Crippen LogP contribution in [0.3, 0.4) is 0 Å². The first-order valence-corrected chi connectivity index (χ1v) is 14.0. The molecule has 0 atom stereocenters. The Balaban J connectivity index is 0.00000122. The van der Waals surface area contributed by atoms with Gasteiger partial charge in [0.05, 0.1) is 24.1 Å². The third kappa shape index (κ3) is 13.3. The van der Waals surface area contributed by atoms with Gasteiger partial charge in [-0.25, -0.2) is 14.4 Å². The maximum Gasteiger partial charge on any atom is 1.00 e. The number of aromatic nitrogens is 2. The third-order valence-corrected chi connectivity index (χ3v) is 6.33. The number of nitrogens with one attached hydrogen (secondary N) is 1. The Labute approximate surface area is 336 Å². The van der Waals surface area contributed by atoms with E-state index in [-0.39, 0.29) is 136 Å². The van der Waals surface area contributed by atoms with Gasteiger partial charge in [0.25, 0.3) is 5.91 Å². The van der Waals surface area contributed by atoms with E-state index in [4.69, 9.17) is 30.8 Å². The maximum atomic E-state index is 14.5. The number of alkyl halides is 3. The molecule has 4 rings (SSSR count). The van der Waals surface area contributed by atoms with Crippen LogP contribution in [-0.2, 0) is 9.36 Å². The molecule has 222 valence electrons. The molecule has 0 saturated carbocycles. The van der Waals surface area contributed by atoms with E-state index in [0.717, 1.165) is 17.4 Å². The number of amides is 2. The van der Waals surface area contributed by atoms with Crippen LogP contribution in [0.2, 0.25) is 5.02 Å². The first-order chi connectivity index (χ1) is 19.0. The van der Waals surface area contributed by atoms with Crippen molar-refractivity contribution >= 4 is 53.5 Å². The van der Waals surface area contributed by atoms with Gasteiger partial charge >= 0.3 is 109 Å². The van der Waals surface area contributed by atoms with Gasteiger partial charge in [0.1, 0.15) is 5.82 Å². The van der Waals surface area contributed by atoms with E-state index >= 15 is 0 Å². The number of anilines is 2. The van der Waals surface area contributed by atoms with Crippen molar-refractivity contribution in [1.29, 1.82) is 0 Å². The van der Waals surface area contributed by atoms with Crippen LogP contribution < -0.4 is 128 Å². The fourth-order valence-corrected chi connectivity index (χ4v) is 4.55. The third-order valence-electron chi connectivity index (χ3n) is 5.30. The molecule has 21 heteroatoms. The average molecular weight is 718 g/mol. The van der Waals surface area contributed by atoms with Crippen LogP contribution in [0.15, 0.2) is 35.8 Å². The van der Waals surface area contributed by atoms with Crippen molar-refractivity contribution in [2.75, 3.05) is 36.4 Å². The molecular formula is C22H19ClF4K2N5O7PS. The SMILES string of the molecule is CC(=O)N1CCN(c2ncc(C(=O)Nc3nc(-c4cccc(OC(F)(F)F)c4F)cs3)cc2Cl)CC1.O=P([O-])([O-])O.[K+].[K+]. The van der Waals surface area contributed by atoms with Crippen molar-refractivity contribution in [2.24, 2.45) is 0 Å². The number of nitrogens with zero attached hydrogens (tertiary/aromatic N) is 4. The fraction of sp³-hybridized carbons (Fsp3) is 0.273. The topological polar surface area (TPSA) is 171 Å². The van der Waals surface area contributed by atoms with Gasteiger partial charge in [-0.2, -0.15) is 0 Å². The van der Waals surface area contributed by atoms with E-state index < -0.39 is 31.7 Å². The van der Waals surface area contributed by atoms with Crippen LogP contribution >= 0.6 is 30.8 Å². The summed E-state index contributed by atoms with van der Waals surface area (Å²) in [5, 5.41) is 4.28. The number of hydrogen-bond donors (Lipinski definition) is 2. The molecule has 0 spiro atoms. The maximum absolute atomic E-state index is 14.5. The predicted molar refractivity (Wildman–Crippen MR) is 136 cm³/mol. The number of ether oxygens (including phenoxy) is 1. The standard InChI is InChI=1S/C22H18ClF4N5O3S.2K.H3O4P/c1-12(33)31-5-7-32(8-6-31)19-15(23)9-13(10-28-19)20(34)30-21-29-16(11-36-21)14-3-2-4-17(18(14)24)35-22(25,26)27;;;1-5(2,3)4/h2-4,9-11H,5-8H2,1H3,(H,29,30,34);;;(H3,1,2,3,4)/q;2*+1;/p-2. The molecule has 0 aliphatic carbocycles. The van der Waals surface area contributed by atoms with Gasteiger partial charge in [0.2, 0.25) is 5.91 Å². The van der Waals surface area contributed by atoms with Crippen LogP contribution in [0.1, 0.15) is 17.3 Å². The Morgan fingerprint density at radius 2 is 1.79 bits per heavy atom. The number of benzene rings is 1. The van der Waals surface area contributed by atoms with Gasteiger partial charge in [0.15, 0.2) is 16.7 Å². The Hall–Kier alpha value is -0.0673. The van der Waals surface area contributed by atoms with Crippen molar-refractivity contribution in [1.82, 2.24) is 14.9 Å². The second kappa shape index (κ2) is 17.7. The number of thiazole rings is 1. The summed E-state index contributed by atoms with van der Waals surface area (Å²) >= 11 is 7.32. The van der Waals surface area contributed by atoms with E-state index in [2.05, 4.69) is 20.0 Å². The van der Waals surface area contributed by atoms with E-state index in [0.29, 0.717) is 32.0 Å². The number of carbonyl (C=O) groups is 2. The molecule has 1 aliphatic rings. The van der Waals surface area contributed by atoms with E-state index in [1.165, 1.54) is 36.7 Å². The molecular weight excluding hydrogens is 699 g/mol. The van der Waals surface area contributed by atoms with Crippen molar-refractivity contribution in [3.63, 3.8) is 0 Å². The summed E-state index contributed by atoms with van der Waals surface area (Å²) in [5.74, 6) is -2.30. The van der Waals surface area contributed by atoms with Gasteiger partial charge in [-0.1, -0.05) is 17.7 Å².